The molecule has 0 spiro atoms. The van der Waals surface area contributed by atoms with Crippen LogP contribution in [0.3, 0.4) is 0 Å². The zero-order valence-electron chi connectivity index (χ0n) is 18.3. The summed E-state index contributed by atoms with van der Waals surface area (Å²) < 4.78 is 28.8. The quantitative estimate of drug-likeness (QED) is 0.678. The number of nitrogens with one attached hydrogen (secondary N) is 2. The average Bonchev–Trinajstić information content (AvgIpc) is 3.45. The number of benzene rings is 2. The second kappa shape index (κ2) is 9.14. The lowest BCUT2D eigenvalue weighted by atomic mass is 9.95. The standard InChI is InChI=1S/C24H29F2N3O2/c1-24(16-8-6-5-7-9-16)13-19(24)23(31)28-14-17(29(3)4)10-15-11-21(26)18(12-20(15)25)22(30)27-2/h5-9,11-12,17,19H,10,13-14H2,1-4H3,(H,27,30)(H,28,31)/t17-,19?,24?/m0/s1. The fraction of sp³-hybridized carbons (Fsp3) is 0.417. The van der Waals surface area contributed by atoms with E-state index >= 15 is 0 Å². The Morgan fingerprint density at radius 2 is 1.84 bits per heavy atom. The van der Waals surface area contributed by atoms with Crippen molar-refractivity contribution in [3.8, 4) is 0 Å². The molecule has 2 amide bonds. The summed E-state index contributed by atoms with van der Waals surface area (Å²) in [5.41, 5.74) is 0.822. The molecule has 2 aromatic rings. The van der Waals surface area contributed by atoms with Gasteiger partial charge in [-0.1, -0.05) is 37.3 Å². The smallest absolute Gasteiger partial charge is 0.254 e. The number of likely N-dealkylation sites (N-methyl/N-ethyl adjacent to an activating group) is 1. The molecular weight excluding hydrogens is 400 g/mol. The number of carbonyl (C=O) groups is 2. The maximum Gasteiger partial charge on any atom is 0.254 e. The summed E-state index contributed by atoms with van der Waals surface area (Å²) in [5, 5.41) is 5.28. The number of rotatable bonds is 8. The first kappa shape index (κ1) is 22.9. The van der Waals surface area contributed by atoms with Crippen LogP contribution in [0.25, 0.3) is 0 Å². The van der Waals surface area contributed by atoms with Crippen LogP contribution in [0.4, 0.5) is 8.78 Å². The van der Waals surface area contributed by atoms with Gasteiger partial charge in [-0.05, 0) is 50.2 Å². The molecule has 1 saturated carbocycles. The molecule has 5 nitrogen and oxygen atoms in total. The first-order valence-corrected chi connectivity index (χ1v) is 10.4. The van der Waals surface area contributed by atoms with Gasteiger partial charge in [0.05, 0.1) is 5.56 Å². The van der Waals surface area contributed by atoms with Crippen LogP contribution in [0.15, 0.2) is 42.5 Å². The highest BCUT2D eigenvalue weighted by Gasteiger charge is 2.55. The Morgan fingerprint density at radius 1 is 1.16 bits per heavy atom. The highest BCUT2D eigenvalue weighted by Crippen LogP contribution is 2.53. The van der Waals surface area contributed by atoms with E-state index in [0.717, 1.165) is 24.1 Å². The number of nitrogens with zero attached hydrogens (tertiary/aromatic N) is 1. The molecule has 0 bridgehead atoms. The van der Waals surface area contributed by atoms with Gasteiger partial charge in [0.15, 0.2) is 0 Å². The molecule has 1 aliphatic rings. The summed E-state index contributed by atoms with van der Waals surface area (Å²) in [6.45, 7) is 2.40. The monoisotopic (exact) mass is 429 g/mol. The maximum atomic E-state index is 14.5. The van der Waals surface area contributed by atoms with E-state index in [1.54, 1.807) is 0 Å². The largest absolute Gasteiger partial charge is 0.355 e. The summed E-state index contributed by atoms with van der Waals surface area (Å²) in [6, 6.07) is 11.7. The van der Waals surface area contributed by atoms with E-state index in [1.165, 1.54) is 7.05 Å². The van der Waals surface area contributed by atoms with Gasteiger partial charge in [-0.25, -0.2) is 8.78 Å². The minimum atomic E-state index is -0.770. The van der Waals surface area contributed by atoms with Crippen LogP contribution >= 0.6 is 0 Å². The predicted octanol–water partition coefficient (Wildman–Crippen LogP) is 2.89. The van der Waals surface area contributed by atoms with Gasteiger partial charge in [0.1, 0.15) is 11.6 Å². The van der Waals surface area contributed by atoms with Crippen molar-refractivity contribution < 1.29 is 18.4 Å². The van der Waals surface area contributed by atoms with Gasteiger partial charge >= 0.3 is 0 Å². The molecule has 3 rings (SSSR count). The molecule has 0 aliphatic heterocycles. The van der Waals surface area contributed by atoms with Crippen LogP contribution in [0.2, 0.25) is 0 Å². The van der Waals surface area contributed by atoms with Gasteiger partial charge in [0, 0.05) is 31.0 Å². The van der Waals surface area contributed by atoms with Crippen molar-refractivity contribution in [3.05, 3.63) is 70.8 Å². The Hall–Kier alpha value is -2.80. The number of amides is 2. The van der Waals surface area contributed by atoms with Crippen molar-refractivity contribution in [1.29, 1.82) is 0 Å². The number of halogens is 2. The van der Waals surface area contributed by atoms with Gasteiger partial charge in [-0.2, -0.15) is 0 Å². The average molecular weight is 430 g/mol. The van der Waals surface area contributed by atoms with Crippen molar-refractivity contribution >= 4 is 11.8 Å². The molecule has 1 fully saturated rings. The molecule has 31 heavy (non-hydrogen) atoms. The van der Waals surface area contributed by atoms with Crippen molar-refractivity contribution in [3.63, 3.8) is 0 Å². The topological polar surface area (TPSA) is 61.4 Å². The molecule has 0 aromatic heterocycles. The van der Waals surface area contributed by atoms with Gasteiger partial charge in [-0.15, -0.1) is 0 Å². The highest BCUT2D eigenvalue weighted by molar-refractivity contribution is 5.94. The first-order chi connectivity index (χ1) is 14.7. The summed E-state index contributed by atoms with van der Waals surface area (Å²) in [5.74, 6) is -2.21. The first-order valence-electron chi connectivity index (χ1n) is 10.4. The minimum Gasteiger partial charge on any atom is -0.355 e. The Bertz CT molecular complexity index is 965. The number of carbonyl (C=O) groups excluding carboxylic acids is 2. The Labute approximate surface area is 181 Å². The molecule has 0 saturated heterocycles. The lowest BCUT2D eigenvalue weighted by molar-refractivity contribution is -0.122. The van der Waals surface area contributed by atoms with Crippen molar-refractivity contribution in [2.24, 2.45) is 5.92 Å². The van der Waals surface area contributed by atoms with E-state index < -0.39 is 17.5 Å². The molecule has 166 valence electrons. The summed E-state index contributed by atoms with van der Waals surface area (Å²) >= 11 is 0. The molecule has 2 N–H and O–H groups in total. The molecule has 2 unspecified atom stereocenters. The summed E-state index contributed by atoms with van der Waals surface area (Å²) in [6.07, 6.45) is 0.987. The third-order valence-corrected chi connectivity index (χ3v) is 6.29. The summed E-state index contributed by atoms with van der Waals surface area (Å²) in [7, 11) is 5.02. The molecule has 0 radical (unpaired) electrons. The van der Waals surface area contributed by atoms with Gasteiger partial charge in [0.25, 0.3) is 5.91 Å². The van der Waals surface area contributed by atoms with Crippen LogP contribution in [0.5, 0.6) is 0 Å². The maximum absolute atomic E-state index is 14.5. The third-order valence-electron chi connectivity index (χ3n) is 6.29. The van der Waals surface area contributed by atoms with E-state index in [2.05, 4.69) is 17.6 Å². The van der Waals surface area contributed by atoms with Crippen LogP contribution in [0.1, 0.15) is 34.8 Å². The van der Waals surface area contributed by atoms with Gasteiger partial charge < -0.3 is 15.5 Å². The third kappa shape index (κ3) is 4.93. The van der Waals surface area contributed by atoms with E-state index in [1.807, 2.05) is 49.3 Å². The van der Waals surface area contributed by atoms with Crippen LogP contribution in [0, 0.1) is 17.6 Å². The fourth-order valence-electron chi connectivity index (χ4n) is 3.97. The van der Waals surface area contributed by atoms with E-state index in [-0.39, 0.29) is 40.8 Å². The molecule has 3 atom stereocenters. The molecular formula is C24H29F2N3O2. The van der Waals surface area contributed by atoms with Gasteiger partial charge in [0.2, 0.25) is 5.91 Å². The molecule has 0 heterocycles. The fourth-order valence-corrected chi connectivity index (χ4v) is 3.97. The lowest BCUT2D eigenvalue weighted by Gasteiger charge is -2.25. The summed E-state index contributed by atoms with van der Waals surface area (Å²) in [4.78, 5) is 26.3. The lowest BCUT2D eigenvalue weighted by Crippen LogP contribution is -2.42. The minimum absolute atomic E-state index is 0.0279. The predicted molar refractivity (Wildman–Crippen MR) is 116 cm³/mol. The van der Waals surface area contributed by atoms with E-state index in [9.17, 15) is 18.4 Å². The second-order valence-corrected chi connectivity index (χ2v) is 8.61. The zero-order chi connectivity index (χ0) is 22.8. The Kier molecular flexibility index (Phi) is 6.74. The number of hydrogen-bond donors (Lipinski definition) is 2. The zero-order valence-corrected chi connectivity index (χ0v) is 18.3. The Morgan fingerprint density at radius 3 is 2.45 bits per heavy atom. The van der Waals surface area contributed by atoms with Crippen LogP contribution in [-0.4, -0.2) is 50.4 Å². The normalized spacial score (nSPS) is 20.9. The Balaban J connectivity index is 1.64. The van der Waals surface area contributed by atoms with Crippen molar-refractivity contribution in [1.82, 2.24) is 15.5 Å². The second-order valence-electron chi connectivity index (χ2n) is 8.61. The highest BCUT2D eigenvalue weighted by atomic mass is 19.1. The van der Waals surface area contributed by atoms with Crippen LogP contribution in [-0.2, 0) is 16.6 Å². The number of hydrogen-bond acceptors (Lipinski definition) is 3. The molecule has 1 aliphatic carbocycles. The molecule has 2 aromatic carbocycles. The van der Waals surface area contributed by atoms with Crippen molar-refractivity contribution in [2.45, 2.75) is 31.2 Å². The molecule has 7 heteroatoms. The van der Waals surface area contributed by atoms with E-state index in [4.69, 9.17) is 0 Å². The van der Waals surface area contributed by atoms with E-state index in [0.29, 0.717) is 6.54 Å². The van der Waals surface area contributed by atoms with Crippen LogP contribution < -0.4 is 10.6 Å². The SMILES string of the molecule is CNC(=O)c1cc(F)c(C[C@@H](CNC(=O)C2CC2(C)c2ccccc2)N(C)C)cc1F. The van der Waals surface area contributed by atoms with Gasteiger partial charge in [-0.3, -0.25) is 9.59 Å². The van der Waals surface area contributed by atoms with Crippen molar-refractivity contribution in [2.75, 3.05) is 27.7 Å².